The van der Waals surface area contributed by atoms with Crippen molar-refractivity contribution in [2.75, 3.05) is 0 Å². The van der Waals surface area contributed by atoms with Gasteiger partial charge in [0.25, 0.3) is 0 Å². The van der Waals surface area contributed by atoms with Gasteiger partial charge in [0.15, 0.2) is 0 Å². The Kier molecular flexibility index (Phi) is 1.88. The molecule has 1 unspecified atom stereocenters. The van der Waals surface area contributed by atoms with Gasteiger partial charge < -0.3 is 5.32 Å². The van der Waals surface area contributed by atoms with Crippen molar-refractivity contribution < 1.29 is 0 Å². The molecule has 1 atom stereocenters. The molecule has 2 aliphatic rings. The van der Waals surface area contributed by atoms with E-state index in [0.29, 0.717) is 0 Å². The number of fused-ring (bicyclic) bond motifs is 1. The van der Waals surface area contributed by atoms with Crippen LogP contribution in [0, 0.1) is 6.92 Å². The van der Waals surface area contributed by atoms with Crippen LogP contribution in [0.15, 0.2) is 18.2 Å². The summed E-state index contributed by atoms with van der Waals surface area (Å²) >= 11 is 0. The molecule has 14 heavy (non-hydrogen) atoms. The SMILES string of the molecule is Cc1ccc2c(c1)CC(NC1CC1)C2. The highest BCUT2D eigenvalue weighted by Gasteiger charge is 2.28. The highest BCUT2D eigenvalue weighted by Crippen LogP contribution is 2.27. The molecule has 0 aliphatic heterocycles. The molecular weight excluding hydrogens is 170 g/mol. The summed E-state index contributed by atoms with van der Waals surface area (Å²) in [5.74, 6) is 0. The first-order chi connectivity index (χ1) is 6.81. The van der Waals surface area contributed by atoms with E-state index in [1.54, 1.807) is 11.1 Å². The third-order valence-corrected chi connectivity index (χ3v) is 3.34. The van der Waals surface area contributed by atoms with Gasteiger partial charge in [-0.15, -0.1) is 0 Å². The van der Waals surface area contributed by atoms with Gasteiger partial charge in [-0.1, -0.05) is 23.8 Å². The van der Waals surface area contributed by atoms with Gasteiger partial charge in [-0.2, -0.15) is 0 Å². The van der Waals surface area contributed by atoms with Crippen molar-refractivity contribution in [2.45, 2.75) is 44.7 Å². The first-order valence-electron chi connectivity index (χ1n) is 5.66. The van der Waals surface area contributed by atoms with E-state index in [1.165, 1.54) is 31.2 Å². The molecule has 0 saturated heterocycles. The molecule has 1 heteroatoms. The van der Waals surface area contributed by atoms with E-state index in [-0.39, 0.29) is 0 Å². The van der Waals surface area contributed by atoms with Gasteiger partial charge in [-0.25, -0.2) is 0 Å². The Labute approximate surface area is 85.5 Å². The standard InChI is InChI=1S/C13H17N/c1-9-2-3-10-7-13(8-11(10)6-9)14-12-4-5-12/h2-3,6,12-14H,4-5,7-8H2,1H3. The van der Waals surface area contributed by atoms with E-state index < -0.39 is 0 Å². The van der Waals surface area contributed by atoms with Gasteiger partial charge in [0.05, 0.1) is 0 Å². The molecule has 0 heterocycles. The Hall–Kier alpha value is -0.820. The van der Waals surface area contributed by atoms with E-state index in [9.17, 15) is 0 Å². The first kappa shape index (κ1) is 8.49. The Bertz CT molecular complexity index is 352. The molecule has 0 spiro atoms. The molecular formula is C13H17N. The van der Waals surface area contributed by atoms with Crippen LogP contribution in [0.4, 0.5) is 0 Å². The van der Waals surface area contributed by atoms with Crippen LogP contribution in [0.5, 0.6) is 0 Å². The van der Waals surface area contributed by atoms with Crippen molar-refractivity contribution in [1.29, 1.82) is 0 Å². The van der Waals surface area contributed by atoms with Crippen molar-refractivity contribution in [3.8, 4) is 0 Å². The van der Waals surface area contributed by atoms with Gasteiger partial charge >= 0.3 is 0 Å². The predicted molar refractivity (Wildman–Crippen MR) is 58.5 cm³/mol. The average Bonchev–Trinajstić information content (AvgIpc) is 2.84. The Morgan fingerprint density at radius 2 is 1.86 bits per heavy atom. The molecule has 0 amide bonds. The van der Waals surface area contributed by atoms with Crippen molar-refractivity contribution >= 4 is 0 Å². The summed E-state index contributed by atoms with van der Waals surface area (Å²) in [6.07, 6.45) is 5.28. The van der Waals surface area contributed by atoms with Crippen LogP contribution in [0.2, 0.25) is 0 Å². The summed E-state index contributed by atoms with van der Waals surface area (Å²) in [6.45, 7) is 2.18. The van der Waals surface area contributed by atoms with Crippen molar-refractivity contribution in [3.05, 3.63) is 34.9 Å². The zero-order valence-electron chi connectivity index (χ0n) is 8.72. The van der Waals surface area contributed by atoms with E-state index in [4.69, 9.17) is 0 Å². The molecule has 1 nitrogen and oxygen atoms in total. The molecule has 1 N–H and O–H groups in total. The lowest BCUT2D eigenvalue weighted by atomic mass is 10.1. The predicted octanol–water partition coefficient (Wildman–Crippen LogP) is 2.21. The Morgan fingerprint density at radius 3 is 2.64 bits per heavy atom. The molecule has 0 aromatic heterocycles. The molecule has 1 aromatic rings. The largest absolute Gasteiger partial charge is 0.311 e. The second kappa shape index (κ2) is 3.09. The van der Waals surface area contributed by atoms with Gasteiger partial charge in [0, 0.05) is 12.1 Å². The third-order valence-electron chi connectivity index (χ3n) is 3.34. The molecule has 1 aromatic carbocycles. The summed E-state index contributed by atoms with van der Waals surface area (Å²) in [5.41, 5.74) is 4.53. The van der Waals surface area contributed by atoms with Crippen LogP contribution in [-0.4, -0.2) is 12.1 Å². The zero-order valence-corrected chi connectivity index (χ0v) is 8.72. The minimum Gasteiger partial charge on any atom is -0.311 e. The highest BCUT2D eigenvalue weighted by molar-refractivity contribution is 5.36. The van der Waals surface area contributed by atoms with Crippen LogP contribution < -0.4 is 5.32 Å². The monoisotopic (exact) mass is 187 g/mol. The minimum absolute atomic E-state index is 0.722. The van der Waals surface area contributed by atoms with Gasteiger partial charge in [0.2, 0.25) is 0 Å². The van der Waals surface area contributed by atoms with Crippen molar-refractivity contribution in [3.63, 3.8) is 0 Å². The summed E-state index contributed by atoms with van der Waals surface area (Å²) in [7, 11) is 0. The lowest BCUT2D eigenvalue weighted by molar-refractivity contribution is 0.530. The van der Waals surface area contributed by atoms with Crippen LogP contribution in [0.1, 0.15) is 29.5 Å². The number of benzene rings is 1. The maximum Gasteiger partial charge on any atom is 0.0151 e. The number of hydrogen-bond acceptors (Lipinski definition) is 1. The molecule has 1 fully saturated rings. The second-order valence-electron chi connectivity index (χ2n) is 4.82. The number of rotatable bonds is 2. The second-order valence-corrected chi connectivity index (χ2v) is 4.82. The molecule has 0 radical (unpaired) electrons. The van der Waals surface area contributed by atoms with Crippen molar-refractivity contribution in [2.24, 2.45) is 0 Å². The smallest absolute Gasteiger partial charge is 0.0151 e. The first-order valence-corrected chi connectivity index (χ1v) is 5.66. The van der Waals surface area contributed by atoms with E-state index in [1.807, 2.05) is 0 Å². The topological polar surface area (TPSA) is 12.0 Å². The van der Waals surface area contributed by atoms with Crippen LogP contribution in [0.25, 0.3) is 0 Å². The Morgan fingerprint density at radius 1 is 1.07 bits per heavy atom. The molecule has 0 bridgehead atoms. The van der Waals surface area contributed by atoms with Crippen LogP contribution in [0.3, 0.4) is 0 Å². The van der Waals surface area contributed by atoms with Gasteiger partial charge in [-0.3, -0.25) is 0 Å². The maximum absolute atomic E-state index is 3.72. The van der Waals surface area contributed by atoms with Gasteiger partial charge in [0.1, 0.15) is 0 Å². The summed E-state index contributed by atoms with van der Waals surface area (Å²) in [6, 6.07) is 8.45. The minimum atomic E-state index is 0.722. The van der Waals surface area contributed by atoms with E-state index >= 15 is 0 Å². The Balaban J connectivity index is 1.75. The molecule has 1 saturated carbocycles. The average molecular weight is 187 g/mol. The number of nitrogens with one attached hydrogen (secondary N) is 1. The van der Waals surface area contributed by atoms with Crippen LogP contribution in [-0.2, 0) is 12.8 Å². The third kappa shape index (κ3) is 1.57. The lowest BCUT2D eigenvalue weighted by Crippen LogP contribution is -2.31. The summed E-state index contributed by atoms with van der Waals surface area (Å²) in [4.78, 5) is 0. The fraction of sp³-hybridized carbons (Fsp3) is 0.538. The number of hydrogen-bond donors (Lipinski definition) is 1. The fourth-order valence-electron chi connectivity index (χ4n) is 2.45. The van der Waals surface area contributed by atoms with Crippen molar-refractivity contribution in [1.82, 2.24) is 5.32 Å². The normalized spacial score (nSPS) is 25.1. The van der Waals surface area contributed by atoms with Gasteiger partial charge in [-0.05, 0) is 43.7 Å². The molecule has 74 valence electrons. The maximum atomic E-state index is 3.72. The van der Waals surface area contributed by atoms with E-state index in [0.717, 1.165) is 12.1 Å². The number of aryl methyl sites for hydroxylation is 1. The molecule has 3 rings (SSSR count). The fourth-order valence-corrected chi connectivity index (χ4v) is 2.45. The van der Waals surface area contributed by atoms with E-state index in [2.05, 4.69) is 30.4 Å². The molecule has 2 aliphatic carbocycles. The lowest BCUT2D eigenvalue weighted by Gasteiger charge is -2.09. The summed E-state index contributed by atoms with van der Waals surface area (Å²) < 4.78 is 0. The van der Waals surface area contributed by atoms with Crippen LogP contribution >= 0.6 is 0 Å². The highest BCUT2D eigenvalue weighted by atomic mass is 15.0. The summed E-state index contributed by atoms with van der Waals surface area (Å²) in [5, 5.41) is 3.72. The zero-order chi connectivity index (χ0) is 9.54. The quantitative estimate of drug-likeness (QED) is 0.748.